The molecule has 6 heteroatoms. The van der Waals surface area contributed by atoms with E-state index in [-0.39, 0.29) is 23.5 Å². The number of carbonyl (C=O) groups excluding carboxylic acids is 1. The zero-order chi connectivity index (χ0) is 16.8. The molecule has 1 atom stereocenters. The number of Topliss-reactive ketones (excluding diaryl/α,β-unsaturated/α-hetero) is 1. The Bertz CT molecular complexity index is 959. The van der Waals surface area contributed by atoms with Crippen LogP contribution in [0.15, 0.2) is 36.5 Å². The van der Waals surface area contributed by atoms with Crippen molar-refractivity contribution in [3.05, 3.63) is 53.6 Å². The van der Waals surface area contributed by atoms with Gasteiger partial charge < -0.3 is 11.1 Å². The van der Waals surface area contributed by atoms with Crippen LogP contribution < -0.4 is 11.1 Å². The SMILES string of the molecule is Cc1c(F)cccc1-c1ccc2nc(N)c(C(=O)C3CCN3)n2c1. The number of ketones is 1. The summed E-state index contributed by atoms with van der Waals surface area (Å²) in [6.45, 7) is 2.57. The highest BCUT2D eigenvalue weighted by atomic mass is 19.1. The van der Waals surface area contributed by atoms with E-state index in [1.807, 2.05) is 12.1 Å². The van der Waals surface area contributed by atoms with Crippen LogP contribution in [-0.4, -0.2) is 27.8 Å². The van der Waals surface area contributed by atoms with Crippen LogP contribution >= 0.6 is 0 Å². The van der Waals surface area contributed by atoms with Crippen LogP contribution in [-0.2, 0) is 0 Å². The number of halogens is 1. The van der Waals surface area contributed by atoms with Gasteiger partial charge >= 0.3 is 0 Å². The van der Waals surface area contributed by atoms with Crippen molar-refractivity contribution in [3.63, 3.8) is 0 Å². The number of benzene rings is 1. The van der Waals surface area contributed by atoms with Gasteiger partial charge in [0.15, 0.2) is 11.6 Å². The number of nitrogens with one attached hydrogen (secondary N) is 1. The minimum absolute atomic E-state index is 0.0561. The van der Waals surface area contributed by atoms with Crippen LogP contribution in [0.4, 0.5) is 10.2 Å². The first-order chi connectivity index (χ1) is 11.6. The lowest BCUT2D eigenvalue weighted by Gasteiger charge is -2.25. The van der Waals surface area contributed by atoms with Crippen LogP contribution in [0.3, 0.4) is 0 Å². The van der Waals surface area contributed by atoms with Gasteiger partial charge in [0, 0.05) is 6.20 Å². The molecule has 1 aromatic carbocycles. The van der Waals surface area contributed by atoms with E-state index in [1.54, 1.807) is 29.7 Å². The standard InChI is InChI=1S/C18H17FN4O/c1-10-12(3-2-4-13(10)19)11-5-6-15-22-18(20)16(23(15)9-11)17(24)14-7-8-21-14/h2-6,9,14,21H,7-8,20H2,1H3. The van der Waals surface area contributed by atoms with E-state index in [0.29, 0.717) is 16.9 Å². The molecular formula is C18H17FN4O. The number of aromatic nitrogens is 2. The molecule has 1 saturated heterocycles. The van der Waals surface area contributed by atoms with Crippen LogP contribution in [0.2, 0.25) is 0 Å². The lowest BCUT2D eigenvalue weighted by atomic mass is 9.99. The molecule has 0 spiro atoms. The molecule has 3 aromatic rings. The second kappa shape index (κ2) is 5.42. The molecule has 3 N–H and O–H groups in total. The van der Waals surface area contributed by atoms with Crippen molar-refractivity contribution in [2.45, 2.75) is 19.4 Å². The van der Waals surface area contributed by atoms with Crippen molar-refractivity contribution >= 4 is 17.2 Å². The number of nitrogens with zero attached hydrogens (tertiary/aromatic N) is 2. The Kier molecular flexibility index (Phi) is 3.35. The third kappa shape index (κ3) is 2.18. The van der Waals surface area contributed by atoms with Crippen molar-refractivity contribution in [3.8, 4) is 11.1 Å². The summed E-state index contributed by atoms with van der Waals surface area (Å²) < 4.78 is 15.6. The van der Waals surface area contributed by atoms with Crippen molar-refractivity contribution < 1.29 is 9.18 Å². The molecule has 3 heterocycles. The summed E-state index contributed by atoms with van der Waals surface area (Å²) in [5, 5.41) is 3.09. The van der Waals surface area contributed by atoms with Crippen LogP contribution in [0.5, 0.6) is 0 Å². The zero-order valence-electron chi connectivity index (χ0n) is 13.2. The van der Waals surface area contributed by atoms with E-state index in [2.05, 4.69) is 10.3 Å². The first kappa shape index (κ1) is 14.8. The molecule has 2 aromatic heterocycles. The highest BCUT2D eigenvalue weighted by molar-refractivity contribution is 6.03. The number of carbonyl (C=O) groups is 1. The fraction of sp³-hybridized carbons (Fsp3) is 0.222. The summed E-state index contributed by atoms with van der Waals surface area (Å²) >= 11 is 0. The Labute approximate surface area is 138 Å². The molecule has 122 valence electrons. The summed E-state index contributed by atoms with van der Waals surface area (Å²) in [4.78, 5) is 16.9. The normalized spacial score (nSPS) is 17.0. The minimum atomic E-state index is -0.257. The van der Waals surface area contributed by atoms with Crippen LogP contribution in [0.25, 0.3) is 16.8 Å². The molecular weight excluding hydrogens is 307 g/mol. The van der Waals surface area contributed by atoms with Crippen molar-refractivity contribution in [2.24, 2.45) is 0 Å². The number of hydrogen-bond donors (Lipinski definition) is 2. The Balaban J connectivity index is 1.88. The van der Waals surface area contributed by atoms with E-state index in [0.717, 1.165) is 24.1 Å². The van der Waals surface area contributed by atoms with Crippen LogP contribution in [0.1, 0.15) is 22.5 Å². The average Bonchev–Trinajstić information content (AvgIpc) is 2.83. The number of pyridine rings is 1. The van der Waals surface area contributed by atoms with Gasteiger partial charge in [0.2, 0.25) is 0 Å². The molecule has 1 fully saturated rings. The van der Waals surface area contributed by atoms with E-state index in [4.69, 9.17) is 5.73 Å². The number of imidazole rings is 1. The third-order valence-corrected chi connectivity index (χ3v) is 4.60. The largest absolute Gasteiger partial charge is 0.382 e. The number of nitrogen functional groups attached to an aromatic ring is 1. The van der Waals surface area contributed by atoms with Gasteiger partial charge in [-0.3, -0.25) is 9.20 Å². The fourth-order valence-electron chi connectivity index (χ4n) is 3.06. The van der Waals surface area contributed by atoms with E-state index >= 15 is 0 Å². The molecule has 24 heavy (non-hydrogen) atoms. The fourth-order valence-corrected chi connectivity index (χ4v) is 3.06. The molecule has 1 unspecified atom stereocenters. The second-order valence-corrected chi connectivity index (χ2v) is 6.06. The number of nitrogens with two attached hydrogens (primary N) is 1. The predicted molar refractivity (Wildman–Crippen MR) is 90.5 cm³/mol. The molecule has 1 aliphatic heterocycles. The molecule has 0 radical (unpaired) electrons. The molecule has 0 saturated carbocycles. The summed E-state index contributed by atoms with van der Waals surface area (Å²) in [5.41, 5.74) is 9.13. The topological polar surface area (TPSA) is 72.4 Å². The summed E-state index contributed by atoms with van der Waals surface area (Å²) in [6.07, 6.45) is 2.60. The molecule has 0 amide bonds. The maximum absolute atomic E-state index is 13.8. The summed E-state index contributed by atoms with van der Waals surface area (Å²) in [7, 11) is 0. The monoisotopic (exact) mass is 324 g/mol. The Hall–Kier alpha value is -2.73. The number of hydrogen-bond acceptors (Lipinski definition) is 4. The maximum atomic E-state index is 13.8. The molecule has 0 bridgehead atoms. The highest BCUT2D eigenvalue weighted by Crippen LogP contribution is 2.27. The summed E-state index contributed by atoms with van der Waals surface area (Å²) in [5.74, 6) is -0.0890. The van der Waals surface area contributed by atoms with Gasteiger partial charge in [-0.25, -0.2) is 9.37 Å². The van der Waals surface area contributed by atoms with Crippen molar-refractivity contribution in [1.82, 2.24) is 14.7 Å². The summed E-state index contributed by atoms with van der Waals surface area (Å²) in [6, 6.07) is 8.42. The van der Waals surface area contributed by atoms with Crippen molar-refractivity contribution in [1.29, 1.82) is 0 Å². The van der Waals surface area contributed by atoms with Gasteiger partial charge in [0.25, 0.3) is 0 Å². The Morgan fingerprint density at radius 2 is 2.17 bits per heavy atom. The lowest BCUT2D eigenvalue weighted by Crippen LogP contribution is -2.48. The number of anilines is 1. The number of fused-ring (bicyclic) bond motifs is 1. The van der Waals surface area contributed by atoms with E-state index in [1.165, 1.54) is 6.07 Å². The van der Waals surface area contributed by atoms with Crippen molar-refractivity contribution in [2.75, 3.05) is 12.3 Å². The van der Waals surface area contributed by atoms with Gasteiger partial charge in [0.1, 0.15) is 17.2 Å². The third-order valence-electron chi connectivity index (χ3n) is 4.60. The van der Waals surface area contributed by atoms with Gasteiger partial charge in [-0.1, -0.05) is 12.1 Å². The molecule has 0 aliphatic carbocycles. The maximum Gasteiger partial charge on any atom is 0.200 e. The Morgan fingerprint density at radius 1 is 1.38 bits per heavy atom. The second-order valence-electron chi connectivity index (χ2n) is 6.06. The first-order valence-corrected chi connectivity index (χ1v) is 7.87. The van der Waals surface area contributed by atoms with Crippen LogP contribution in [0, 0.1) is 12.7 Å². The van der Waals surface area contributed by atoms with Gasteiger partial charge in [0.05, 0.1) is 6.04 Å². The van der Waals surface area contributed by atoms with Gasteiger partial charge in [-0.05, 0) is 54.8 Å². The highest BCUT2D eigenvalue weighted by Gasteiger charge is 2.30. The lowest BCUT2D eigenvalue weighted by molar-refractivity contribution is 0.0899. The number of rotatable bonds is 3. The first-order valence-electron chi connectivity index (χ1n) is 7.87. The van der Waals surface area contributed by atoms with E-state index in [9.17, 15) is 9.18 Å². The zero-order valence-corrected chi connectivity index (χ0v) is 13.2. The smallest absolute Gasteiger partial charge is 0.200 e. The predicted octanol–water partition coefficient (Wildman–Crippen LogP) is 2.58. The average molecular weight is 324 g/mol. The van der Waals surface area contributed by atoms with Gasteiger partial charge in [-0.2, -0.15) is 0 Å². The minimum Gasteiger partial charge on any atom is -0.382 e. The van der Waals surface area contributed by atoms with Gasteiger partial charge in [-0.15, -0.1) is 0 Å². The molecule has 4 rings (SSSR count). The van der Waals surface area contributed by atoms with E-state index < -0.39 is 0 Å². The quantitative estimate of drug-likeness (QED) is 0.726. The molecule has 5 nitrogen and oxygen atoms in total. The molecule has 1 aliphatic rings. The Morgan fingerprint density at radius 3 is 2.88 bits per heavy atom.